The Hall–Kier alpha value is -4.35. The average Bonchev–Trinajstić information content (AvgIpc) is 2.95. The number of rotatable bonds is 8. The van der Waals surface area contributed by atoms with Crippen molar-refractivity contribution < 1.29 is 27.8 Å². The van der Waals surface area contributed by atoms with Crippen LogP contribution in [0, 0.1) is 11.6 Å². The number of hydrogen-bond donors (Lipinski definition) is 1. The highest BCUT2D eigenvalue weighted by Gasteiger charge is 2.41. The maximum absolute atomic E-state index is 15.7. The lowest BCUT2D eigenvalue weighted by Gasteiger charge is -2.45. The van der Waals surface area contributed by atoms with Gasteiger partial charge < -0.3 is 24.8 Å². The van der Waals surface area contributed by atoms with Gasteiger partial charge in [-0.2, -0.15) is 0 Å². The van der Waals surface area contributed by atoms with E-state index in [0.717, 1.165) is 11.0 Å². The number of benzene rings is 1. The fourth-order valence-electron chi connectivity index (χ4n) is 5.37. The zero-order valence-corrected chi connectivity index (χ0v) is 25.8. The van der Waals surface area contributed by atoms with Crippen LogP contribution in [0.25, 0.3) is 5.57 Å². The lowest BCUT2D eigenvalue weighted by molar-refractivity contribution is -0.00273. The molecule has 3 heterocycles. The number of piperidine rings is 1. The maximum atomic E-state index is 15.7. The normalized spacial score (nSPS) is 16.8. The molecule has 2 aliphatic heterocycles. The molecule has 0 bridgehead atoms. The fourth-order valence-corrected chi connectivity index (χ4v) is 5.37. The average molecular weight is 599 g/mol. The van der Waals surface area contributed by atoms with E-state index < -0.39 is 29.0 Å². The largest absolute Gasteiger partial charge is 0.493 e. The molecule has 0 spiro atoms. The Bertz CT molecular complexity index is 1430. The SMILES string of the molecule is C=C(OC(C)(C)C)N1CCC(N2C(=O)N(c3c(F)c(OC)cc(OC)c3F)Cc3cnc(C(C=NC)=C(C)N)cc32)CC1. The highest BCUT2D eigenvalue weighted by atomic mass is 19.1. The summed E-state index contributed by atoms with van der Waals surface area (Å²) in [6, 6.07) is 2.01. The van der Waals surface area contributed by atoms with Crippen molar-refractivity contribution in [3.8, 4) is 11.5 Å². The molecule has 12 heteroatoms. The van der Waals surface area contributed by atoms with Crippen LogP contribution in [0.3, 0.4) is 0 Å². The number of nitrogens with two attached hydrogens (primary N) is 1. The Morgan fingerprint density at radius 2 is 1.74 bits per heavy atom. The molecule has 0 radical (unpaired) electrons. The molecule has 1 saturated heterocycles. The number of nitrogens with zero attached hydrogens (tertiary/aromatic N) is 5. The molecule has 2 aliphatic rings. The first-order valence-electron chi connectivity index (χ1n) is 14.0. The van der Waals surface area contributed by atoms with Gasteiger partial charge in [-0.1, -0.05) is 0 Å². The molecule has 1 aromatic carbocycles. The van der Waals surface area contributed by atoms with Crippen molar-refractivity contribution in [3.05, 3.63) is 59.4 Å². The van der Waals surface area contributed by atoms with E-state index in [1.54, 1.807) is 37.3 Å². The minimum absolute atomic E-state index is 0.125. The van der Waals surface area contributed by atoms with Crippen LogP contribution in [0.5, 0.6) is 11.5 Å². The third-order valence-electron chi connectivity index (χ3n) is 7.37. The van der Waals surface area contributed by atoms with Crippen molar-refractivity contribution >= 4 is 29.2 Å². The number of ether oxygens (including phenoxy) is 3. The highest BCUT2D eigenvalue weighted by molar-refractivity contribution is 6.11. The molecule has 1 fully saturated rings. The fraction of sp³-hybridized carbons (Fsp3) is 0.452. The van der Waals surface area contributed by atoms with Crippen LogP contribution in [0.1, 0.15) is 51.8 Å². The molecule has 0 atom stereocenters. The summed E-state index contributed by atoms with van der Waals surface area (Å²) in [4.78, 5) is 27.7. The summed E-state index contributed by atoms with van der Waals surface area (Å²) >= 11 is 0. The molecule has 4 rings (SSSR count). The molecule has 0 aliphatic carbocycles. The van der Waals surface area contributed by atoms with Gasteiger partial charge in [0.15, 0.2) is 29.0 Å². The number of urea groups is 1. The minimum atomic E-state index is -1.00. The summed E-state index contributed by atoms with van der Waals surface area (Å²) in [5.41, 5.74) is 8.02. The number of halogens is 2. The van der Waals surface area contributed by atoms with Gasteiger partial charge in [-0.3, -0.25) is 19.8 Å². The summed E-state index contributed by atoms with van der Waals surface area (Å²) in [5.74, 6) is -1.94. The third kappa shape index (κ3) is 6.37. The number of pyridine rings is 1. The van der Waals surface area contributed by atoms with Crippen LogP contribution < -0.4 is 25.0 Å². The number of hydrogen-bond acceptors (Lipinski definition) is 8. The quantitative estimate of drug-likeness (QED) is 0.318. The summed E-state index contributed by atoms with van der Waals surface area (Å²) in [7, 11) is 4.16. The summed E-state index contributed by atoms with van der Waals surface area (Å²) in [6.07, 6.45) is 4.33. The lowest BCUT2D eigenvalue weighted by atomic mass is 9.98. The first kappa shape index (κ1) is 31.6. The van der Waals surface area contributed by atoms with Crippen molar-refractivity contribution in [2.24, 2.45) is 10.7 Å². The summed E-state index contributed by atoms with van der Waals surface area (Å²) in [5, 5.41) is 0. The maximum Gasteiger partial charge on any atom is 0.329 e. The Kier molecular flexibility index (Phi) is 9.17. The van der Waals surface area contributed by atoms with Gasteiger partial charge in [0, 0.05) is 61.5 Å². The number of aromatic nitrogens is 1. The topological polar surface area (TPSA) is 106 Å². The third-order valence-corrected chi connectivity index (χ3v) is 7.37. The molecule has 2 N–H and O–H groups in total. The van der Waals surface area contributed by atoms with Gasteiger partial charge in [-0.15, -0.1) is 0 Å². The van der Waals surface area contributed by atoms with Crippen LogP contribution in [0.4, 0.5) is 25.0 Å². The van der Waals surface area contributed by atoms with Crippen molar-refractivity contribution in [2.75, 3.05) is 44.2 Å². The van der Waals surface area contributed by atoms with E-state index in [2.05, 4.69) is 16.6 Å². The lowest BCUT2D eigenvalue weighted by Crippen LogP contribution is -2.55. The van der Waals surface area contributed by atoms with Crippen molar-refractivity contribution in [1.82, 2.24) is 9.88 Å². The number of methoxy groups -OCH3 is 2. The van der Waals surface area contributed by atoms with E-state index in [0.29, 0.717) is 60.0 Å². The summed E-state index contributed by atoms with van der Waals surface area (Å²) in [6.45, 7) is 12.7. The van der Waals surface area contributed by atoms with Gasteiger partial charge in [0.05, 0.1) is 32.1 Å². The van der Waals surface area contributed by atoms with E-state index in [1.807, 2.05) is 25.7 Å². The van der Waals surface area contributed by atoms with Crippen LogP contribution in [-0.2, 0) is 11.3 Å². The van der Waals surface area contributed by atoms with Gasteiger partial charge in [0.2, 0.25) is 0 Å². The van der Waals surface area contributed by atoms with Crippen molar-refractivity contribution in [2.45, 2.75) is 58.7 Å². The molecule has 0 saturated carbocycles. The van der Waals surface area contributed by atoms with E-state index in [-0.39, 0.29) is 24.1 Å². The minimum Gasteiger partial charge on any atom is -0.493 e. The second-order valence-electron chi connectivity index (χ2n) is 11.5. The molecule has 43 heavy (non-hydrogen) atoms. The summed E-state index contributed by atoms with van der Waals surface area (Å²) < 4.78 is 47.6. The number of aliphatic imine (C=N–C) groups is 1. The monoisotopic (exact) mass is 598 g/mol. The second kappa shape index (κ2) is 12.5. The smallest absolute Gasteiger partial charge is 0.329 e. The number of fused-ring (bicyclic) bond motifs is 1. The van der Waals surface area contributed by atoms with Crippen molar-refractivity contribution in [3.63, 3.8) is 0 Å². The van der Waals surface area contributed by atoms with Crippen LogP contribution in [0.15, 0.2) is 41.5 Å². The number of likely N-dealkylation sites (tertiary alicyclic amines) is 1. The Balaban J connectivity index is 1.80. The number of carbonyl (C=O) groups is 1. The van der Waals surface area contributed by atoms with E-state index >= 15 is 8.78 Å². The van der Waals surface area contributed by atoms with E-state index in [4.69, 9.17) is 19.9 Å². The van der Waals surface area contributed by atoms with Crippen LogP contribution >= 0.6 is 0 Å². The Labute approximate surface area is 251 Å². The van der Waals surface area contributed by atoms with E-state index in [9.17, 15) is 4.79 Å². The second-order valence-corrected chi connectivity index (χ2v) is 11.5. The van der Waals surface area contributed by atoms with Crippen LogP contribution in [-0.4, -0.2) is 68.1 Å². The molecule has 2 aromatic rings. The zero-order valence-electron chi connectivity index (χ0n) is 25.8. The predicted molar refractivity (Wildman–Crippen MR) is 164 cm³/mol. The predicted octanol–water partition coefficient (Wildman–Crippen LogP) is 5.46. The number of anilines is 2. The van der Waals surface area contributed by atoms with Gasteiger partial charge in [-0.05, 0) is 53.2 Å². The number of allylic oxidation sites excluding steroid dienone is 2. The molecule has 0 unspecified atom stereocenters. The molecular weight excluding hydrogens is 558 g/mol. The molecule has 1 aromatic heterocycles. The zero-order chi connectivity index (χ0) is 31.6. The van der Waals surface area contributed by atoms with Crippen molar-refractivity contribution in [1.29, 1.82) is 0 Å². The van der Waals surface area contributed by atoms with Gasteiger partial charge in [0.1, 0.15) is 11.3 Å². The standard InChI is InChI=1S/C31H40F2N6O4/c1-18(34)22(16-35-6)23-13-24-20(15-36-23)17-38(29-27(32)25(41-7)14-26(42-8)28(29)33)30(40)39(24)21-9-11-37(12-10-21)19(2)43-31(3,4)5/h13-16,21H,2,9-12,17,34H2,1,3-8H3. The van der Waals surface area contributed by atoms with Gasteiger partial charge in [0.25, 0.3) is 0 Å². The Morgan fingerprint density at radius 1 is 1.14 bits per heavy atom. The highest BCUT2D eigenvalue weighted by Crippen LogP contribution is 2.42. The van der Waals surface area contributed by atoms with Gasteiger partial charge in [-0.25, -0.2) is 13.6 Å². The van der Waals surface area contributed by atoms with Gasteiger partial charge >= 0.3 is 6.03 Å². The number of amides is 2. The van der Waals surface area contributed by atoms with Crippen LogP contribution in [0.2, 0.25) is 0 Å². The molecule has 2 amide bonds. The molecule has 232 valence electrons. The Morgan fingerprint density at radius 3 is 2.26 bits per heavy atom. The first-order chi connectivity index (χ1) is 20.3. The van der Waals surface area contributed by atoms with E-state index in [1.165, 1.54) is 14.2 Å². The first-order valence-corrected chi connectivity index (χ1v) is 14.0. The molecular formula is C31H40F2N6O4. The number of carbonyl (C=O) groups excluding carboxylic acids is 1. The molecule has 10 nitrogen and oxygen atoms in total.